The first-order valence-electron chi connectivity index (χ1n) is 6.24. The number of nitrogens with two attached hydrogens (primary N) is 1. The van der Waals surface area contributed by atoms with Crippen molar-refractivity contribution in [2.75, 3.05) is 19.5 Å². The molecular weight excluding hydrogens is 266 g/mol. The number of hydrogen-bond acceptors (Lipinski definition) is 7. The number of methoxy groups -OCH3 is 1. The van der Waals surface area contributed by atoms with Gasteiger partial charge in [-0.05, 0) is 24.3 Å². The second kappa shape index (κ2) is 6.38. The van der Waals surface area contributed by atoms with E-state index < -0.39 is 37.3 Å². The first-order chi connectivity index (χ1) is 9.56. The van der Waals surface area contributed by atoms with Crippen LogP contribution in [0.25, 0.3) is 0 Å². The Kier molecular flexibility index (Phi) is 4.79. The average Bonchev–Trinajstić information content (AvgIpc) is 2.45. The molecule has 1 fully saturated rings. The molecule has 1 aliphatic rings. The third-order valence-corrected chi connectivity index (χ3v) is 3.23. The Balaban J connectivity index is 2.11. The maximum absolute atomic E-state index is 10.1. The number of aliphatic hydroxyl groups is 3. The van der Waals surface area contributed by atoms with E-state index in [9.17, 15) is 15.3 Å². The number of nitrogen functional groups attached to an aromatic ring is 1. The van der Waals surface area contributed by atoms with Gasteiger partial charge in [-0.15, -0.1) is 0 Å². The molecule has 0 unspecified atom stereocenters. The zero-order valence-electron chi connectivity index (χ0n) is 11.0. The lowest BCUT2D eigenvalue weighted by Crippen LogP contribution is -2.60. The SMILES string of the molecule is CO[C@H]1[C@@H](O)[C@@H](CO)O[C@H](Oc2ccc(N)cc2)[C@@H]1O. The van der Waals surface area contributed by atoms with Gasteiger partial charge in [0.1, 0.15) is 30.2 Å². The van der Waals surface area contributed by atoms with Crippen LogP contribution in [0.5, 0.6) is 5.75 Å². The fourth-order valence-electron chi connectivity index (χ4n) is 2.11. The van der Waals surface area contributed by atoms with Gasteiger partial charge in [0.15, 0.2) is 0 Å². The highest BCUT2D eigenvalue weighted by Gasteiger charge is 2.45. The van der Waals surface area contributed by atoms with Crippen LogP contribution in [-0.2, 0) is 9.47 Å². The highest BCUT2D eigenvalue weighted by Crippen LogP contribution is 2.26. The van der Waals surface area contributed by atoms with Crippen molar-refractivity contribution in [3.8, 4) is 5.75 Å². The second-order valence-corrected chi connectivity index (χ2v) is 4.59. The van der Waals surface area contributed by atoms with Gasteiger partial charge >= 0.3 is 0 Å². The van der Waals surface area contributed by atoms with Gasteiger partial charge in [0.25, 0.3) is 0 Å². The van der Waals surface area contributed by atoms with Crippen LogP contribution in [0.1, 0.15) is 0 Å². The number of rotatable bonds is 4. The van der Waals surface area contributed by atoms with Crippen LogP contribution < -0.4 is 10.5 Å². The summed E-state index contributed by atoms with van der Waals surface area (Å²) in [4.78, 5) is 0. The standard InChI is InChI=1S/C13H19NO6/c1-18-12-10(16)9(6-15)20-13(11(12)17)19-8-4-2-7(14)3-5-8/h2-5,9-13,15-17H,6,14H2,1H3/t9-,10+,11-,12+,13+/m1/s1. The molecule has 5 N–H and O–H groups in total. The number of anilines is 1. The molecular formula is C13H19NO6. The maximum Gasteiger partial charge on any atom is 0.229 e. The predicted molar refractivity (Wildman–Crippen MR) is 70.0 cm³/mol. The normalized spacial score (nSPS) is 33.9. The molecule has 20 heavy (non-hydrogen) atoms. The van der Waals surface area contributed by atoms with E-state index in [1.807, 2.05) is 0 Å². The van der Waals surface area contributed by atoms with Crippen LogP contribution in [0.15, 0.2) is 24.3 Å². The Hall–Kier alpha value is -1.38. The Morgan fingerprint density at radius 1 is 1.20 bits per heavy atom. The average molecular weight is 285 g/mol. The highest BCUT2D eigenvalue weighted by atomic mass is 16.7. The van der Waals surface area contributed by atoms with Gasteiger partial charge in [0.05, 0.1) is 6.61 Å². The van der Waals surface area contributed by atoms with Gasteiger partial charge in [0, 0.05) is 12.8 Å². The second-order valence-electron chi connectivity index (χ2n) is 4.59. The van der Waals surface area contributed by atoms with E-state index in [2.05, 4.69) is 0 Å². The summed E-state index contributed by atoms with van der Waals surface area (Å²) in [6.07, 6.45) is -5.16. The molecule has 7 heteroatoms. The summed E-state index contributed by atoms with van der Waals surface area (Å²) < 4.78 is 15.9. The summed E-state index contributed by atoms with van der Waals surface area (Å²) in [6, 6.07) is 6.56. The van der Waals surface area contributed by atoms with Crippen molar-refractivity contribution >= 4 is 5.69 Å². The summed E-state index contributed by atoms with van der Waals surface area (Å²) in [5.41, 5.74) is 6.15. The van der Waals surface area contributed by atoms with E-state index in [-0.39, 0.29) is 0 Å². The number of ether oxygens (including phenoxy) is 3. The summed E-state index contributed by atoms with van der Waals surface area (Å²) >= 11 is 0. The molecule has 112 valence electrons. The van der Waals surface area contributed by atoms with Crippen LogP contribution >= 0.6 is 0 Å². The molecule has 0 saturated carbocycles. The van der Waals surface area contributed by atoms with E-state index >= 15 is 0 Å². The Morgan fingerprint density at radius 2 is 1.85 bits per heavy atom. The summed E-state index contributed by atoms with van der Waals surface area (Å²) in [5, 5.41) is 29.2. The topological polar surface area (TPSA) is 114 Å². The molecule has 0 spiro atoms. The van der Waals surface area contributed by atoms with Crippen LogP contribution in [0.4, 0.5) is 5.69 Å². The van der Waals surface area contributed by atoms with Crippen LogP contribution in [-0.4, -0.2) is 59.7 Å². The van der Waals surface area contributed by atoms with Crippen molar-refractivity contribution in [2.24, 2.45) is 0 Å². The van der Waals surface area contributed by atoms with Gasteiger partial charge < -0.3 is 35.3 Å². The molecule has 1 aliphatic heterocycles. The minimum Gasteiger partial charge on any atom is -0.462 e. The third-order valence-electron chi connectivity index (χ3n) is 3.23. The van der Waals surface area contributed by atoms with E-state index in [4.69, 9.17) is 19.9 Å². The van der Waals surface area contributed by atoms with Crippen LogP contribution in [0.3, 0.4) is 0 Å². The molecule has 1 saturated heterocycles. The molecule has 0 radical (unpaired) electrons. The molecule has 0 aromatic heterocycles. The minimum atomic E-state index is -1.18. The fraction of sp³-hybridized carbons (Fsp3) is 0.538. The first kappa shape index (κ1) is 15.0. The Bertz CT molecular complexity index is 425. The quantitative estimate of drug-likeness (QED) is 0.530. The molecule has 0 aliphatic carbocycles. The van der Waals surface area contributed by atoms with E-state index in [1.54, 1.807) is 24.3 Å². The Morgan fingerprint density at radius 3 is 2.40 bits per heavy atom. The van der Waals surface area contributed by atoms with Crippen molar-refractivity contribution < 1.29 is 29.5 Å². The summed E-state index contributed by atoms with van der Waals surface area (Å²) in [7, 11) is 1.36. The zero-order valence-corrected chi connectivity index (χ0v) is 11.0. The van der Waals surface area contributed by atoms with Crippen molar-refractivity contribution in [3.63, 3.8) is 0 Å². The van der Waals surface area contributed by atoms with Gasteiger partial charge in [-0.3, -0.25) is 0 Å². The monoisotopic (exact) mass is 285 g/mol. The van der Waals surface area contributed by atoms with E-state index in [1.165, 1.54) is 7.11 Å². The molecule has 5 atom stereocenters. The molecule has 0 bridgehead atoms. The van der Waals surface area contributed by atoms with Gasteiger partial charge in [0.2, 0.25) is 6.29 Å². The summed E-state index contributed by atoms with van der Waals surface area (Å²) in [6.45, 7) is -0.407. The molecule has 1 aromatic carbocycles. The Labute approximate surface area is 116 Å². The highest BCUT2D eigenvalue weighted by molar-refractivity contribution is 5.41. The first-order valence-corrected chi connectivity index (χ1v) is 6.24. The maximum atomic E-state index is 10.1. The number of hydrogen-bond donors (Lipinski definition) is 4. The predicted octanol–water partition coefficient (Wildman–Crippen LogP) is -0.898. The molecule has 2 rings (SSSR count). The zero-order chi connectivity index (χ0) is 14.7. The number of aliphatic hydroxyl groups excluding tert-OH is 3. The van der Waals surface area contributed by atoms with Crippen molar-refractivity contribution in [2.45, 2.75) is 30.7 Å². The molecule has 1 heterocycles. The molecule has 0 amide bonds. The molecule has 1 aromatic rings. The number of benzene rings is 1. The summed E-state index contributed by atoms with van der Waals surface area (Å²) in [5.74, 6) is 0.450. The largest absolute Gasteiger partial charge is 0.462 e. The fourth-order valence-corrected chi connectivity index (χ4v) is 2.11. The van der Waals surface area contributed by atoms with Crippen molar-refractivity contribution in [3.05, 3.63) is 24.3 Å². The lowest BCUT2D eigenvalue weighted by atomic mass is 9.99. The van der Waals surface area contributed by atoms with Crippen LogP contribution in [0.2, 0.25) is 0 Å². The third kappa shape index (κ3) is 3.02. The van der Waals surface area contributed by atoms with Gasteiger partial charge in [-0.25, -0.2) is 0 Å². The van der Waals surface area contributed by atoms with Crippen molar-refractivity contribution in [1.82, 2.24) is 0 Å². The van der Waals surface area contributed by atoms with Gasteiger partial charge in [-0.1, -0.05) is 0 Å². The molecule has 7 nitrogen and oxygen atoms in total. The van der Waals surface area contributed by atoms with E-state index in [0.29, 0.717) is 11.4 Å². The van der Waals surface area contributed by atoms with Crippen LogP contribution in [0, 0.1) is 0 Å². The smallest absolute Gasteiger partial charge is 0.229 e. The van der Waals surface area contributed by atoms with Gasteiger partial charge in [-0.2, -0.15) is 0 Å². The lowest BCUT2D eigenvalue weighted by molar-refractivity contribution is -0.281. The van der Waals surface area contributed by atoms with E-state index in [0.717, 1.165) is 0 Å². The minimum absolute atomic E-state index is 0.407. The lowest BCUT2D eigenvalue weighted by Gasteiger charge is -2.41. The van der Waals surface area contributed by atoms with Crippen molar-refractivity contribution in [1.29, 1.82) is 0 Å².